The fourth-order valence-corrected chi connectivity index (χ4v) is 2.82. The zero-order valence-corrected chi connectivity index (χ0v) is 10.1. The second-order valence-electron chi connectivity index (χ2n) is 4.96. The molecule has 1 aliphatic carbocycles. The molecule has 3 heteroatoms. The lowest BCUT2D eigenvalue weighted by Gasteiger charge is -2.20. The maximum Gasteiger partial charge on any atom is 0.141 e. The van der Waals surface area contributed by atoms with Gasteiger partial charge in [-0.2, -0.15) is 0 Å². The first-order chi connectivity index (χ1) is 7.64. The van der Waals surface area contributed by atoms with Crippen LogP contribution >= 0.6 is 11.6 Å². The van der Waals surface area contributed by atoms with Gasteiger partial charge < -0.3 is 10.5 Å². The number of rotatable bonds is 3. The molecule has 1 aliphatic heterocycles. The largest absolute Gasteiger partial charge is 0.345 e. The Labute approximate surface area is 101 Å². The van der Waals surface area contributed by atoms with Gasteiger partial charge in [-0.25, -0.2) is 0 Å². The van der Waals surface area contributed by atoms with E-state index in [4.69, 9.17) is 22.1 Å². The summed E-state index contributed by atoms with van der Waals surface area (Å²) in [7, 11) is 0. The first-order valence-electron chi connectivity index (χ1n) is 5.84. The van der Waals surface area contributed by atoms with E-state index < -0.39 is 0 Å². The van der Waals surface area contributed by atoms with E-state index in [9.17, 15) is 0 Å². The maximum atomic E-state index is 5.98. The zero-order chi connectivity index (χ0) is 11.3. The Hall–Kier alpha value is -0.570. The molecule has 3 rings (SSSR count). The van der Waals surface area contributed by atoms with Gasteiger partial charge in [0.05, 0.1) is 0 Å². The first-order valence-corrected chi connectivity index (χ1v) is 6.22. The van der Waals surface area contributed by atoms with Crippen LogP contribution in [-0.4, -0.2) is 6.23 Å². The lowest BCUT2D eigenvalue weighted by molar-refractivity contribution is 0.209. The number of epoxide rings is 1. The summed E-state index contributed by atoms with van der Waals surface area (Å²) in [5.74, 6) is 1.29. The molecule has 0 aromatic heterocycles. The van der Waals surface area contributed by atoms with Crippen LogP contribution in [0.1, 0.15) is 25.3 Å². The van der Waals surface area contributed by atoms with Crippen LogP contribution in [0.5, 0.6) is 0 Å². The summed E-state index contributed by atoms with van der Waals surface area (Å²) in [5, 5.41) is 0.757. The highest BCUT2D eigenvalue weighted by Gasteiger charge is 2.62. The molecule has 0 bridgehead atoms. The fourth-order valence-electron chi connectivity index (χ4n) is 2.69. The predicted molar refractivity (Wildman–Crippen MR) is 64.1 cm³/mol. The Morgan fingerprint density at radius 1 is 1.38 bits per heavy atom. The van der Waals surface area contributed by atoms with Gasteiger partial charge in [-0.3, -0.25) is 0 Å². The highest BCUT2D eigenvalue weighted by molar-refractivity contribution is 6.30. The standard InChI is InChI=1S/C13H16ClNO/c1-8(9-2-3-9)13(12(15)16-13)10-4-6-11(14)7-5-10/h4-9,12H,2-3,15H2,1H3. The van der Waals surface area contributed by atoms with Crippen molar-refractivity contribution in [1.29, 1.82) is 0 Å². The van der Waals surface area contributed by atoms with Crippen LogP contribution in [0.4, 0.5) is 0 Å². The van der Waals surface area contributed by atoms with Gasteiger partial charge >= 0.3 is 0 Å². The normalized spacial score (nSPS) is 34.8. The molecule has 1 saturated carbocycles. The van der Waals surface area contributed by atoms with Crippen LogP contribution < -0.4 is 5.73 Å². The molecule has 1 aromatic rings. The molecule has 1 heterocycles. The van der Waals surface area contributed by atoms with E-state index in [0.29, 0.717) is 5.92 Å². The molecule has 2 fully saturated rings. The number of hydrogen-bond donors (Lipinski definition) is 1. The number of hydrogen-bond acceptors (Lipinski definition) is 2. The van der Waals surface area contributed by atoms with Crippen LogP contribution in [0, 0.1) is 11.8 Å². The van der Waals surface area contributed by atoms with Gasteiger partial charge in [0.15, 0.2) is 0 Å². The first kappa shape index (κ1) is 10.6. The summed E-state index contributed by atoms with van der Waals surface area (Å²) in [5.41, 5.74) is 6.91. The molecule has 2 aliphatic rings. The third kappa shape index (κ3) is 1.48. The quantitative estimate of drug-likeness (QED) is 0.821. The number of benzene rings is 1. The van der Waals surface area contributed by atoms with Crippen LogP contribution in [0.25, 0.3) is 0 Å². The molecule has 3 atom stereocenters. The molecule has 3 unspecified atom stereocenters. The lowest BCUT2D eigenvalue weighted by atomic mass is 9.83. The van der Waals surface area contributed by atoms with Gasteiger partial charge in [-0.15, -0.1) is 0 Å². The monoisotopic (exact) mass is 237 g/mol. The third-order valence-corrected chi connectivity index (χ3v) is 4.24. The molecular weight excluding hydrogens is 222 g/mol. The van der Waals surface area contributed by atoms with Crippen LogP contribution in [-0.2, 0) is 10.3 Å². The molecule has 2 N–H and O–H groups in total. The van der Waals surface area contributed by atoms with E-state index in [1.54, 1.807) is 0 Å². The van der Waals surface area contributed by atoms with E-state index in [2.05, 4.69) is 6.92 Å². The Morgan fingerprint density at radius 2 is 1.94 bits per heavy atom. The third-order valence-electron chi connectivity index (χ3n) is 3.99. The van der Waals surface area contributed by atoms with Gasteiger partial charge in [0.1, 0.15) is 11.8 Å². The number of halogens is 1. The minimum absolute atomic E-state index is 0.149. The summed E-state index contributed by atoms with van der Waals surface area (Å²) in [4.78, 5) is 0. The van der Waals surface area contributed by atoms with Gasteiger partial charge in [0, 0.05) is 5.02 Å². The molecule has 86 valence electrons. The molecule has 0 radical (unpaired) electrons. The molecule has 0 spiro atoms. The minimum Gasteiger partial charge on any atom is -0.345 e. The van der Waals surface area contributed by atoms with Gasteiger partial charge in [0.2, 0.25) is 0 Å². The van der Waals surface area contributed by atoms with Crippen molar-refractivity contribution in [3.63, 3.8) is 0 Å². The summed E-state index contributed by atoms with van der Waals surface area (Å²) in [6.07, 6.45) is 2.48. The summed E-state index contributed by atoms with van der Waals surface area (Å²) in [6.45, 7) is 2.25. The average molecular weight is 238 g/mol. The Morgan fingerprint density at radius 3 is 2.38 bits per heavy atom. The summed E-state index contributed by atoms with van der Waals surface area (Å²) in [6, 6.07) is 7.89. The molecule has 0 amide bonds. The Bertz CT molecular complexity index is 401. The van der Waals surface area contributed by atoms with E-state index in [0.717, 1.165) is 10.9 Å². The van der Waals surface area contributed by atoms with Crippen LogP contribution in [0.15, 0.2) is 24.3 Å². The van der Waals surface area contributed by atoms with Crippen molar-refractivity contribution in [1.82, 2.24) is 0 Å². The lowest BCUT2D eigenvalue weighted by Crippen LogP contribution is -2.27. The Balaban J connectivity index is 1.92. The van der Waals surface area contributed by atoms with E-state index in [1.807, 2.05) is 24.3 Å². The molecular formula is C13H16ClNO. The summed E-state index contributed by atoms with van der Waals surface area (Å²) < 4.78 is 5.73. The second-order valence-corrected chi connectivity index (χ2v) is 5.40. The highest BCUT2D eigenvalue weighted by atomic mass is 35.5. The summed E-state index contributed by atoms with van der Waals surface area (Å²) >= 11 is 5.90. The van der Waals surface area contributed by atoms with Crippen molar-refractivity contribution in [2.24, 2.45) is 17.6 Å². The average Bonchev–Trinajstić information content (AvgIpc) is 3.13. The van der Waals surface area contributed by atoms with Crippen molar-refractivity contribution >= 4 is 11.6 Å². The Kier molecular flexibility index (Phi) is 2.29. The van der Waals surface area contributed by atoms with Crippen LogP contribution in [0.3, 0.4) is 0 Å². The number of ether oxygens (including phenoxy) is 1. The van der Waals surface area contributed by atoms with Gasteiger partial charge in [-0.05, 0) is 42.4 Å². The van der Waals surface area contributed by atoms with E-state index in [-0.39, 0.29) is 11.8 Å². The molecule has 1 aromatic carbocycles. The topological polar surface area (TPSA) is 38.5 Å². The fraction of sp³-hybridized carbons (Fsp3) is 0.538. The van der Waals surface area contributed by atoms with Crippen molar-refractivity contribution in [3.8, 4) is 0 Å². The molecule has 2 nitrogen and oxygen atoms in total. The predicted octanol–water partition coefficient (Wildman–Crippen LogP) is 2.90. The smallest absolute Gasteiger partial charge is 0.141 e. The van der Waals surface area contributed by atoms with E-state index in [1.165, 1.54) is 18.4 Å². The molecule has 1 saturated heterocycles. The van der Waals surface area contributed by atoms with Crippen LogP contribution in [0.2, 0.25) is 5.02 Å². The van der Waals surface area contributed by atoms with Gasteiger partial charge in [0.25, 0.3) is 0 Å². The van der Waals surface area contributed by atoms with Crippen molar-refractivity contribution in [2.75, 3.05) is 0 Å². The molecule has 16 heavy (non-hydrogen) atoms. The van der Waals surface area contributed by atoms with Crippen molar-refractivity contribution < 1.29 is 4.74 Å². The SMILES string of the molecule is CC(C1CC1)C1(c2ccc(Cl)cc2)OC1N. The van der Waals surface area contributed by atoms with Crippen molar-refractivity contribution in [3.05, 3.63) is 34.9 Å². The maximum absolute atomic E-state index is 5.98. The minimum atomic E-state index is -0.244. The van der Waals surface area contributed by atoms with Gasteiger partial charge in [-0.1, -0.05) is 30.7 Å². The van der Waals surface area contributed by atoms with Crippen molar-refractivity contribution in [2.45, 2.75) is 31.6 Å². The second kappa shape index (κ2) is 3.46. The number of nitrogens with two attached hydrogens (primary N) is 1. The van der Waals surface area contributed by atoms with E-state index >= 15 is 0 Å². The zero-order valence-electron chi connectivity index (χ0n) is 9.32. The highest BCUT2D eigenvalue weighted by Crippen LogP contribution is 2.56.